The van der Waals surface area contributed by atoms with Crippen molar-refractivity contribution in [2.24, 2.45) is 7.05 Å². The molecular weight excluding hydrogens is 271 g/mol. The number of hydrogen-bond donors (Lipinski definition) is 0. The van der Waals surface area contributed by atoms with Gasteiger partial charge in [-0.25, -0.2) is 9.97 Å². The summed E-state index contributed by atoms with van der Waals surface area (Å²) in [6, 6.07) is 7.87. The second-order valence-corrected chi connectivity index (χ2v) is 4.57. The van der Waals surface area contributed by atoms with E-state index in [0.717, 1.165) is 10.9 Å². The molecule has 18 heavy (non-hydrogen) atoms. The summed E-state index contributed by atoms with van der Waals surface area (Å²) in [6.45, 7) is 0. The van der Waals surface area contributed by atoms with Crippen molar-refractivity contribution in [1.82, 2.24) is 19.7 Å². The van der Waals surface area contributed by atoms with Gasteiger partial charge in [0.25, 0.3) is 0 Å². The Hall–Kier alpha value is -1.65. The number of benzene rings is 1. The van der Waals surface area contributed by atoms with Crippen molar-refractivity contribution in [3.05, 3.63) is 40.8 Å². The minimum atomic E-state index is 0.157. The lowest BCUT2D eigenvalue weighted by Gasteiger charge is -2.00. The third kappa shape index (κ3) is 1.74. The van der Waals surface area contributed by atoms with E-state index < -0.39 is 0 Å². The fraction of sp³-hybridized carbons (Fsp3) is 0.0833. The molecule has 0 N–H and O–H groups in total. The Morgan fingerprint density at radius 2 is 1.89 bits per heavy atom. The van der Waals surface area contributed by atoms with E-state index in [9.17, 15) is 0 Å². The van der Waals surface area contributed by atoms with Crippen LogP contribution in [-0.4, -0.2) is 19.7 Å². The number of hydrogen-bond acceptors (Lipinski definition) is 3. The zero-order valence-electron chi connectivity index (χ0n) is 9.43. The van der Waals surface area contributed by atoms with Gasteiger partial charge in [0.15, 0.2) is 0 Å². The van der Waals surface area contributed by atoms with Crippen LogP contribution in [0.4, 0.5) is 0 Å². The van der Waals surface area contributed by atoms with E-state index in [4.69, 9.17) is 23.2 Å². The average Bonchev–Trinajstić information content (AvgIpc) is 2.71. The zero-order chi connectivity index (χ0) is 12.7. The molecule has 3 aromatic rings. The summed E-state index contributed by atoms with van der Waals surface area (Å²) in [5.74, 6) is 0. The number of nitrogens with zero attached hydrogens (tertiary/aromatic N) is 4. The van der Waals surface area contributed by atoms with Gasteiger partial charge in [-0.05, 0) is 17.7 Å². The molecule has 4 nitrogen and oxygen atoms in total. The van der Waals surface area contributed by atoms with E-state index in [2.05, 4.69) is 15.1 Å². The molecule has 0 unspecified atom stereocenters. The van der Waals surface area contributed by atoms with Crippen LogP contribution in [0, 0.1) is 0 Å². The Morgan fingerprint density at radius 3 is 2.72 bits per heavy atom. The Labute approximate surface area is 113 Å². The standard InChI is InChI=1S/C12H8Cl2N4/c1-18-9-5-3-2-4-7(9)10(17-18)11-8(13)6-15-12(14)16-11/h2-6H,1H3. The lowest BCUT2D eigenvalue weighted by molar-refractivity contribution is 0.799. The highest BCUT2D eigenvalue weighted by Crippen LogP contribution is 2.31. The maximum Gasteiger partial charge on any atom is 0.223 e. The molecule has 0 aliphatic carbocycles. The molecule has 0 atom stereocenters. The molecule has 0 radical (unpaired) electrons. The third-order valence-electron chi connectivity index (χ3n) is 2.70. The van der Waals surface area contributed by atoms with Gasteiger partial charge < -0.3 is 0 Å². The summed E-state index contributed by atoms with van der Waals surface area (Å²) in [5, 5.41) is 6.02. The van der Waals surface area contributed by atoms with Crippen LogP contribution < -0.4 is 0 Å². The number of rotatable bonds is 1. The van der Waals surface area contributed by atoms with E-state index in [-0.39, 0.29) is 5.28 Å². The largest absolute Gasteiger partial charge is 0.267 e. The molecule has 0 aliphatic rings. The lowest BCUT2D eigenvalue weighted by atomic mass is 10.1. The number of aromatic nitrogens is 4. The van der Waals surface area contributed by atoms with Crippen molar-refractivity contribution in [3.63, 3.8) is 0 Å². The van der Waals surface area contributed by atoms with Crippen molar-refractivity contribution in [3.8, 4) is 11.4 Å². The molecule has 1 aromatic carbocycles. The highest BCUT2D eigenvalue weighted by molar-refractivity contribution is 6.34. The van der Waals surface area contributed by atoms with Crippen LogP contribution in [0.5, 0.6) is 0 Å². The number of halogens is 2. The quantitative estimate of drug-likeness (QED) is 0.642. The molecule has 0 fully saturated rings. The second-order valence-electron chi connectivity index (χ2n) is 3.82. The minimum absolute atomic E-state index is 0.157. The van der Waals surface area contributed by atoms with E-state index in [1.165, 1.54) is 6.20 Å². The van der Waals surface area contributed by atoms with Crippen LogP contribution in [0.1, 0.15) is 0 Å². The first-order valence-corrected chi connectivity index (χ1v) is 6.02. The van der Waals surface area contributed by atoms with Gasteiger partial charge in [-0.1, -0.05) is 29.8 Å². The average molecular weight is 279 g/mol. The molecule has 3 rings (SSSR count). The van der Waals surface area contributed by atoms with Gasteiger partial charge in [0.1, 0.15) is 11.4 Å². The number of aryl methyl sites for hydroxylation is 1. The normalized spacial score (nSPS) is 11.1. The lowest BCUT2D eigenvalue weighted by Crippen LogP contribution is -1.92. The zero-order valence-corrected chi connectivity index (χ0v) is 10.9. The van der Waals surface area contributed by atoms with Gasteiger partial charge in [-0.2, -0.15) is 5.10 Å². The van der Waals surface area contributed by atoms with E-state index in [1.807, 2.05) is 31.3 Å². The predicted molar refractivity (Wildman–Crippen MR) is 71.8 cm³/mol. The molecule has 0 saturated carbocycles. The molecule has 0 bridgehead atoms. The van der Waals surface area contributed by atoms with Crippen LogP contribution >= 0.6 is 23.2 Å². The Morgan fingerprint density at radius 1 is 1.11 bits per heavy atom. The highest BCUT2D eigenvalue weighted by atomic mass is 35.5. The van der Waals surface area contributed by atoms with Gasteiger partial charge >= 0.3 is 0 Å². The summed E-state index contributed by atoms with van der Waals surface area (Å²) in [7, 11) is 1.88. The van der Waals surface area contributed by atoms with Gasteiger partial charge in [0.05, 0.1) is 16.7 Å². The fourth-order valence-electron chi connectivity index (χ4n) is 1.90. The van der Waals surface area contributed by atoms with Gasteiger partial charge in [-0.3, -0.25) is 4.68 Å². The topological polar surface area (TPSA) is 43.6 Å². The number of fused-ring (bicyclic) bond motifs is 1. The fourth-order valence-corrected chi connectivity index (χ4v) is 2.21. The van der Waals surface area contributed by atoms with Crippen LogP contribution in [0.15, 0.2) is 30.5 Å². The first kappa shape index (κ1) is 11.4. The summed E-state index contributed by atoms with van der Waals surface area (Å²) >= 11 is 11.9. The highest BCUT2D eigenvalue weighted by Gasteiger charge is 2.15. The van der Waals surface area contributed by atoms with Crippen molar-refractivity contribution in [2.75, 3.05) is 0 Å². The first-order valence-electron chi connectivity index (χ1n) is 5.27. The predicted octanol–water partition coefficient (Wildman–Crippen LogP) is 3.34. The molecule has 2 heterocycles. The molecule has 90 valence electrons. The molecular formula is C12H8Cl2N4. The van der Waals surface area contributed by atoms with Crippen LogP contribution in [0.25, 0.3) is 22.3 Å². The molecule has 0 saturated heterocycles. The van der Waals surface area contributed by atoms with Crippen molar-refractivity contribution >= 4 is 34.1 Å². The van der Waals surface area contributed by atoms with E-state index >= 15 is 0 Å². The maximum absolute atomic E-state index is 6.11. The molecule has 0 spiro atoms. The smallest absolute Gasteiger partial charge is 0.223 e. The monoisotopic (exact) mass is 278 g/mol. The van der Waals surface area contributed by atoms with Crippen LogP contribution in [-0.2, 0) is 7.05 Å². The van der Waals surface area contributed by atoms with Gasteiger partial charge in [-0.15, -0.1) is 0 Å². The van der Waals surface area contributed by atoms with Crippen molar-refractivity contribution < 1.29 is 0 Å². The second kappa shape index (κ2) is 4.23. The Bertz CT molecular complexity index is 736. The van der Waals surface area contributed by atoms with Crippen LogP contribution in [0.2, 0.25) is 10.3 Å². The Kier molecular flexibility index (Phi) is 2.69. The SMILES string of the molecule is Cn1nc(-c2nc(Cl)ncc2Cl)c2ccccc21. The van der Waals surface area contributed by atoms with Gasteiger partial charge in [0, 0.05) is 12.4 Å². The van der Waals surface area contributed by atoms with E-state index in [1.54, 1.807) is 4.68 Å². The Balaban J connectivity index is 2.35. The van der Waals surface area contributed by atoms with Crippen LogP contribution in [0.3, 0.4) is 0 Å². The first-order chi connectivity index (χ1) is 8.66. The summed E-state index contributed by atoms with van der Waals surface area (Å²) in [4.78, 5) is 7.99. The van der Waals surface area contributed by atoms with E-state index in [0.29, 0.717) is 16.4 Å². The molecule has 6 heteroatoms. The molecule has 2 aromatic heterocycles. The molecule has 0 aliphatic heterocycles. The molecule has 0 amide bonds. The summed E-state index contributed by atoms with van der Waals surface area (Å²) < 4.78 is 1.79. The summed E-state index contributed by atoms with van der Waals surface area (Å²) in [5.41, 5.74) is 2.27. The number of para-hydroxylation sites is 1. The summed E-state index contributed by atoms with van der Waals surface area (Å²) in [6.07, 6.45) is 1.48. The van der Waals surface area contributed by atoms with Crippen molar-refractivity contribution in [2.45, 2.75) is 0 Å². The maximum atomic E-state index is 6.11. The van der Waals surface area contributed by atoms with Gasteiger partial charge in [0.2, 0.25) is 5.28 Å². The van der Waals surface area contributed by atoms with Crippen molar-refractivity contribution in [1.29, 1.82) is 0 Å². The minimum Gasteiger partial charge on any atom is -0.267 e. The third-order valence-corrected chi connectivity index (χ3v) is 3.16.